The van der Waals surface area contributed by atoms with Crippen LogP contribution in [-0.4, -0.2) is 19.0 Å². The molecule has 1 N–H and O–H groups in total. The number of para-hydroxylation sites is 1. The summed E-state index contributed by atoms with van der Waals surface area (Å²) in [5.41, 5.74) is 4.48. The van der Waals surface area contributed by atoms with Crippen LogP contribution in [0.1, 0.15) is 24.0 Å². The molecule has 1 aliphatic heterocycles. The number of rotatable bonds is 3. The maximum Gasteiger partial charge on any atom is 0.227 e. The Morgan fingerprint density at radius 1 is 1.04 bits per heavy atom. The summed E-state index contributed by atoms with van der Waals surface area (Å²) in [6, 6.07) is 16.6. The Morgan fingerprint density at radius 3 is 2.43 bits per heavy atom. The number of aryl methyl sites for hydroxylation is 2. The van der Waals surface area contributed by atoms with Crippen molar-refractivity contribution >= 4 is 17.3 Å². The first-order chi connectivity index (χ1) is 11.1. The molecule has 0 aromatic heterocycles. The average Bonchev–Trinajstić information content (AvgIpc) is 2.59. The molecule has 3 rings (SSSR count). The molecule has 120 valence electrons. The van der Waals surface area contributed by atoms with Crippen molar-refractivity contribution in [3.8, 4) is 0 Å². The van der Waals surface area contributed by atoms with Crippen LogP contribution in [0, 0.1) is 19.8 Å². The van der Waals surface area contributed by atoms with Gasteiger partial charge in [0.05, 0.1) is 0 Å². The molecule has 1 heterocycles. The van der Waals surface area contributed by atoms with E-state index in [2.05, 4.69) is 46.6 Å². The average molecular weight is 308 g/mol. The number of carbonyl (C=O) groups excluding carboxylic acids is 1. The molecule has 0 atom stereocenters. The monoisotopic (exact) mass is 308 g/mol. The van der Waals surface area contributed by atoms with Gasteiger partial charge in [-0.05, 0) is 56.0 Å². The van der Waals surface area contributed by atoms with Crippen LogP contribution in [0.5, 0.6) is 0 Å². The van der Waals surface area contributed by atoms with Crippen LogP contribution < -0.4 is 10.2 Å². The lowest BCUT2D eigenvalue weighted by Crippen LogP contribution is -2.38. The predicted molar refractivity (Wildman–Crippen MR) is 95.9 cm³/mol. The fraction of sp³-hybridized carbons (Fsp3) is 0.350. The molecule has 0 saturated carbocycles. The summed E-state index contributed by atoms with van der Waals surface area (Å²) < 4.78 is 0. The number of anilines is 2. The van der Waals surface area contributed by atoms with Crippen molar-refractivity contribution in [2.75, 3.05) is 23.3 Å². The van der Waals surface area contributed by atoms with Gasteiger partial charge in [0, 0.05) is 30.4 Å². The van der Waals surface area contributed by atoms with E-state index in [1.807, 2.05) is 26.0 Å². The summed E-state index contributed by atoms with van der Waals surface area (Å²) in [7, 11) is 0. The Kier molecular flexibility index (Phi) is 4.65. The van der Waals surface area contributed by atoms with Crippen molar-refractivity contribution in [1.82, 2.24) is 0 Å². The summed E-state index contributed by atoms with van der Waals surface area (Å²) >= 11 is 0. The van der Waals surface area contributed by atoms with Crippen molar-refractivity contribution in [2.24, 2.45) is 5.92 Å². The molecule has 0 radical (unpaired) electrons. The number of benzene rings is 2. The Morgan fingerprint density at radius 2 is 1.74 bits per heavy atom. The highest BCUT2D eigenvalue weighted by atomic mass is 16.1. The van der Waals surface area contributed by atoms with Crippen LogP contribution in [0.4, 0.5) is 11.4 Å². The van der Waals surface area contributed by atoms with Crippen molar-refractivity contribution in [3.63, 3.8) is 0 Å². The topological polar surface area (TPSA) is 32.3 Å². The molecule has 0 spiro atoms. The fourth-order valence-electron chi connectivity index (χ4n) is 3.14. The molecule has 0 aliphatic carbocycles. The quantitative estimate of drug-likeness (QED) is 0.923. The van der Waals surface area contributed by atoms with E-state index < -0.39 is 0 Å². The van der Waals surface area contributed by atoms with Crippen molar-refractivity contribution in [3.05, 3.63) is 59.7 Å². The van der Waals surface area contributed by atoms with Crippen LogP contribution in [0.3, 0.4) is 0 Å². The Hall–Kier alpha value is -2.29. The molecule has 3 nitrogen and oxygen atoms in total. The minimum absolute atomic E-state index is 0.106. The molecule has 1 aliphatic rings. The van der Waals surface area contributed by atoms with Gasteiger partial charge in [-0.25, -0.2) is 0 Å². The van der Waals surface area contributed by atoms with Crippen molar-refractivity contribution in [1.29, 1.82) is 0 Å². The zero-order valence-corrected chi connectivity index (χ0v) is 13.9. The normalized spacial score (nSPS) is 15.5. The first-order valence-electron chi connectivity index (χ1n) is 8.31. The molecule has 3 heteroatoms. The smallest absolute Gasteiger partial charge is 0.227 e. The van der Waals surface area contributed by atoms with Gasteiger partial charge in [-0.2, -0.15) is 0 Å². The number of nitrogens with one attached hydrogen (secondary N) is 1. The van der Waals surface area contributed by atoms with Gasteiger partial charge in [0.15, 0.2) is 0 Å². The van der Waals surface area contributed by atoms with Gasteiger partial charge in [0.25, 0.3) is 0 Å². The van der Waals surface area contributed by atoms with E-state index in [0.717, 1.165) is 37.2 Å². The number of piperidine rings is 1. The molecule has 2 aromatic carbocycles. The van der Waals surface area contributed by atoms with Crippen molar-refractivity contribution in [2.45, 2.75) is 26.7 Å². The number of hydrogen-bond donors (Lipinski definition) is 1. The molecule has 23 heavy (non-hydrogen) atoms. The van der Waals surface area contributed by atoms with Gasteiger partial charge in [0.2, 0.25) is 5.91 Å². The fourth-order valence-corrected chi connectivity index (χ4v) is 3.14. The van der Waals surface area contributed by atoms with Crippen LogP contribution in [0.2, 0.25) is 0 Å². The molecule has 1 fully saturated rings. The first-order valence-corrected chi connectivity index (χ1v) is 8.31. The third-order valence-corrected chi connectivity index (χ3v) is 4.64. The van der Waals surface area contributed by atoms with Crippen LogP contribution in [0.25, 0.3) is 0 Å². The van der Waals surface area contributed by atoms with Gasteiger partial charge in [-0.3, -0.25) is 4.79 Å². The van der Waals surface area contributed by atoms with Gasteiger partial charge < -0.3 is 10.2 Å². The first kappa shape index (κ1) is 15.6. The number of carbonyl (C=O) groups is 1. The number of amides is 1. The Labute approximate surface area is 138 Å². The highest BCUT2D eigenvalue weighted by molar-refractivity contribution is 5.93. The predicted octanol–water partition coefficient (Wildman–Crippen LogP) is 4.16. The summed E-state index contributed by atoms with van der Waals surface area (Å²) in [5, 5.41) is 3.12. The van der Waals surface area contributed by atoms with Gasteiger partial charge in [-0.15, -0.1) is 0 Å². The van der Waals surface area contributed by atoms with E-state index in [9.17, 15) is 4.79 Å². The van der Waals surface area contributed by atoms with E-state index in [1.165, 1.54) is 11.3 Å². The van der Waals surface area contributed by atoms with E-state index in [0.29, 0.717) is 0 Å². The zero-order valence-electron chi connectivity index (χ0n) is 13.9. The summed E-state index contributed by atoms with van der Waals surface area (Å²) in [4.78, 5) is 14.9. The third kappa shape index (κ3) is 3.73. The molecule has 0 unspecified atom stereocenters. The molecule has 2 aromatic rings. The maximum atomic E-state index is 12.5. The minimum atomic E-state index is 0.106. The maximum absolute atomic E-state index is 12.5. The molecular weight excluding hydrogens is 284 g/mol. The van der Waals surface area contributed by atoms with E-state index in [-0.39, 0.29) is 11.8 Å². The van der Waals surface area contributed by atoms with Crippen molar-refractivity contribution < 1.29 is 4.79 Å². The van der Waals surface area contributed by atoms with Gasteiger partial charge in [-0.1, -0.05) is 30.3 Å². The van der Waals surface area contributed by atoms with Crippen LogP contribution in [-0.2, 0) is 4.79 Å². The number of nitrogens with zero attached hydrogens (tertiary/aromatic N) is 1. The molecular formula is C20H24N2O. The Balaban J connectivity index is 1.59. The zero-order chi connectivity index (χ0) is 16.2. The lowest BCUT2D eigenvalue weighted by atomic mass is 9.95. The molecule has 0 bridgehead atoms. The highest BCUT2D eigenvalue weighted by Gasteiger charge is 2.25. The molecule has 1 saturated heterocycles. The molecule has 1 amide bonds. The second-order valence-corrected chi connectivity index (χ2v) is 6.40. The Bertz CT molecular complexity index is 673. The second-order valence-electron chi connectivity index (χ2n) is 6.40. The van der Waals surface area contributed by atoms with Gasteiger partial charge >= 0.3 is 0 Å². The van der Waals surface area contributed by atoms with E-state index >= 15 is 0 Å². The van der Waals surface area contributed by atoms with Gasteiger partial charge in [0.1, 0.15) is 0 Å². The lowest BCUT2D eigenvalue weighted by Gasteiger charge is -2.33. The summed E-state index contributed by atoms with van der Waals surface area (Å²) in [5.74, 6) is 0.265. The largest absolute Gasteiger partial charge is 0.371 e. The number of hydrogen-bond acceptors (Lipinski definition) is 2. The lowest BCUT2D eigenvalue weighted by molar-refractivity contribution is -0.120. The van der Waals surface area contributed by atoms with E-state index in [1.54, 1.807) is 0 Å². The van der Waals surface area contributed by atoms with Crippen LogP contribution >= 0.6 is 0 Å². The summed E-state index contributed by atoms with van der Waals surface area (Å²) in [6.45, 7) is 5.96. The van der Waals surface area contributed by atoms with E-state index in [4.69, 9.17) is 0 Å². The minimum Gasteiger partial charge on any atom is -0.371 e. The highest BCUT2D eigenvalue weighted by Crippen LogP contribution is 2.25. The van der Waals surface area contributed by atoms with Crippen LogP contribution in [0.15, 0.2) is 48.5 Å². The SMILES string of the molecule is Cc1ccc(C)c(NC(=O)C2CCN(c3ccccc3)CC2)c1. The summed E-state index contributed by atoms with van der Waals surface area (Å²) in [6.07, 6.45) is 1.82. The second kappa shape index (κ2) is 6.86. The standard InChI is InChI=1S/C20H24N2O/c1-15-8-9-16(2)19(14-15)21-20(23)17-10-12-22(13-11-17)18-6-4-3-5-7-18/h3-9,14,17H,10-13H2,1-2H3,(H,21,23). The third-order valence-electron chi connectivity index (χ3n) is 4.64.